The van der Waals surface area contributed by atoms with E-state index in [-0.39, 0.29) is 23.9 Å². The highest BCUT2D eigenvalue weighted by molar-refractivity contribution is 9.10. The van der Waals surface area contributed by atoms with Gasteiger partial charge in [-0.3, -0.25) is 9.59 Å². The van der Waals surface area contributed by atoms with E-state index in [0.717, 1.165) is 25.7 Å². The highest BCUT2D eigenvalue weighted by atomic mass is 79.9. The fourth-order valence-electron chi connectivity index (χ4n) is 5.90. The van der Waals surface area contributed by atoms with Crippen LogP contribution in [0.25, 0.3) is 23.0 Å². The van der Waals surface area contributed by atoms with Crippen LogP contribution in [0.15, 0.2) is 82.5 Å². The van der Waals surface area contributed by atoms with Crippen molar-refractivity contribution >= 4 is 55.3 Å². The fraction of sp³-hybridized carbons (Fsp3) is 0.278. The van der Waals surface area contributed by atoms with E-state index in [4.69, 9.17) is 9.47 Å². The number of aromatic nitrogens is 10. The van der Waals surface area contributed by atoms with E-state index in [9.17, 15) is 9.59 Å². The Kier molecular flexibility index (Phi) is 11.3. The lowest BCUT2D eigenvalue weighted by Crippen LogP contribution is -2.17. The van der Waals surface area contributed by atoms with Crippen LogP contribution in [-0.2, 0) is 0 Å². The molecule has 2 aliphatic heterocycles. The van der Waals surface area contributed by atoms with Gasteiger partial charge in [0.1, 0.15) is 46.8 Å². The first kappa shape index (κ1) is 36.7. The molecule has 0 fully saturated rings. The number of amides is 2. The number of pyridine rings is 4. The molecule has 0 radical (unpaired) electrons. The van der Waals surface area contributed by atoms with Gasteiger partial charge in [-0.05, 0) is 108 Å². The number of nitrogens with zero attached hydrogens (tertiary/aromatic N) is 10. The molecule has 8 rings (SSSR count). The number of carbonyl (C=O) groups excluding carboxylic acids is 2. The first-order valence-corrected chi connectivity index (χ1v) is 18.8. The summed E-state index contributed by atoms with van der Waals surface area (Å²) in [5.41, 5.74) is 2.01. The molecule has 0 unspecified atom stereocenters. The van der Waals surface area contributed by atoms with E-state index in [1.54, 1.807) is 49.3 Å². The summed E-state index contributed by atoms with van der Waals surface area (Å²) < 4.78 is 16.9. The monoisotopic (exact) mass is 856 g/mol. The first-order valence-electron chi connectivity index (χ1n) is 17.2. The molecule has 54 heavy (non-hydrogen) atoms. The van der Waals surface area contributed by atoms with Gasteiger partial charge in [0, 0.05) is 33.4 Å². The van der Waals surface area contributed by atoms with Crippen LogP contribution in [-0.4, -0.2) is 74.5 Å². The third-order valence-corrected chi connectivity index (χ3v) is 9.54. The number of rotatable bonds is 0. The minimum absolute atomic E-state index is 0.180. The number of halogens is 2. The zero-order chi connectivity index (χ0) is 37.6. The van der Waals surface area contributed by atoms with Crippen LogP contribution >= 0.6 is 31.9 Å². The van der Waals surface area contributed by atoms with Crippen molar-refractivity contribution in [3.63, 3.8) is 0 Å². The quantitative estimate of drug-likeness (QED) is 0.160. The van der Waals surface area contributed by atoms with Crippen molar-refractivity contribution in [2.75, 3.05) is 23.8 Å². The van der Waals surface area contributed by atoms with Gasteiger partial charge in [0.05, 0.1) is 13.2 Å². The van der Waals surface area contributed by atoms with Gasteiger partial charge in [0.15, 0.2) is 11.6 Å². The Hall–Kier alpha value is -5.62. The van der Waals surface area contributed by atoms with E-state index >= 15 is 0 Å². The molecular weight excluding hydrogens is 824 g/mol. The Labute approximate surface area is 326 Å². The molecule has 16 nitrogen and oxygen atoms in total. The lowest BCUT2D eigenvalue weighted by Gasteiger charge is -2.17. The van der Waals surface area contributed by atoms with E-state index in [1.807, 2.05) is 33.4 Å². The van der Waals surface area contributed by atoms with Gasteiger partial charge in [-0.1, -0.05) is 12.1 Å². The Bertz CT molecular complexity index is 2140. The maximum atomic E-state index is 12.8. The molecule has 0 saturated heterocycles. The standard InChI is InChI=1S/2C18H17BrN6O2/c2*1-11-4-3-7-27-18-13(8-12(19)9-20-18)17(26)23-15-6-2-5-14(22-15)16-24-21-10-25(11)16/h2*2,5-6,8-11H,3-4,7H2,1H3,(H,22,23,26)/t2*11-/m10/s1. The van der Waals surface area contributed by atoms with E-state index < -0.39 is 0 Å². The third-order valence-electron chi connectivity index (χ3n) is 8.67. The normalized spacial score (nSPS) is 17.1. The smallest absolute Gasteiger partial charge is 0.262 e. The average molecular weight is 859 g/mol. The molecule has 276 valence electrons. The Morgan fingerprint density at radius 2 is 1.13 bits per heavy atom. The second-order valence-corrected chi connectivity index (χ2v) is 14.4. The lowest BCUT2D eigenvalue weighted by molar-refractivity contribution is 0.101. The fourth-order valence-corrected chi connectivity index (χ4v) is 6.57. The number of anilines is 2. The molecule has 0 spiro atoms. The molecule has 0 saturated carbocycles. The molecule has 0 aromatic carbocycles. The van der Waals surface area contributed by atoms with Crippen LogP contribution in [0, 0.1) is 0 Å². The zero-order valence-electron chi connectivity index (χ0n) is 29.2. The minimum Gasteiger partial charge on any atom is -0.477 e. The van der Waals surface area contributed by atoms with Crippen LogP contribution in [0.3, 0.4) is 0 Å². The summed E-state index contributed by atoms with van der Waals surface area (Å²) in [6, 6.07) is 14.5. The van der Waals surface area contributed by atoms with Crippen LogP contribution in [0.4, 0.5) is 11.6 Å². The summed E-state index contributed by atoms with van der Waals surface area (Å²) >= 11 is 6.71. The summed E-state index contributed by atoms with van der Waals surface area (Å²) in [7, 11) is 0. The molecule has 0 aliphatic carbocycles. The van der Waals surface area contributed by atoms with Gasteiger partial charge >= 0.3 is 0 Å². The highest BCUT2D eigenvalue weighted by Crippen LogP contribution is 2.28. The molecule has 18 heteroatoms. The van der Waals surface area contributed by atoms with Crippen molar-refractivity contribution in [2.45, 2.75) is 51.6 Å². The second kappa shape index (κ2) is 16.6. The number of carbonyl (C=O) groups is 2. The Morgan fingerprint density at radius 3 is 1.57 bits per heavy atom. The van der Waals surface area contributed by atoms with Crippen molar-refractivity contribution in [3.05, 3.63) is 93.7 Å². The van der Waals surface area contributed by atoms with Crippen molar-refractivity contribution in [3.8, 4) is 34.8 Å². The molecule has 2 aliphatic rings. The van der Waals surface area contributed by atoms with Gasteiger partial charge in [-0.15, -0.1) is 20.4 Å². The van der Waals surface area contributed by atoms with Crippen molar-refractivity contribution < 1.29 is 19.1 Å². The maximum absolute atomic E-state index is 12.8. The molecule has 6 aromatic heterocycles. The number of hydrogen-bond acceptors (Lipinski definition) is 12. The molecule has 2 N–H and O–H groups in total. The van der Waals surface area contributed by atoms with E-state index in [1.165, 1.54) is 0 Å². The van der Waals surface area contributed by atoms with E-state index in [0.29, 0.717) is 79.7 Å². The highest BCUT2D eigenvalue weighted by Gasteiger charge is 2.21. The summed E-state index contributed by atoms with van der Waals surface area (Å²) in [6.45, 7) is 5.13. The van der Waals surface area contributed by atoms with Gasteiger partial charge in [-0.25, -0.2) is 19.9 Å². The average Bonchev–Trinajstić information content (AvgIpc) is 3.87. The molecule has 2 amide bonds. The van der Waals surface area contributed by atoms with Gasteiger partial charge in [-0.2, -0.15) is 0 Å². The first-order chi connectivity index (χ1) is 26.2. The largest absolute Gasteiger partial charge is 0.477 e. The van der Waals surface area contributed by atoms with Gasteiger partial charge in [0.25, 0.3) is 11.8 Å². The molecular formula is C36H34Br2N12O4. The molecule has 2 atom stereocenters. The Balaban J connectivity index is 0.000000167. The van der Waals surface area contributed by atoms with Gasteiger partial charge in [0.2, 0.25) is 11.8 Å². The number of ether oxygens (including phenoxy) is 2. The minimum atomic E-state index is -0.338. The van der Waals surface area contributed by atoms with Crippen LogP contribution in [0.2, 0.25) is 0 Å². The summed E-state index contributed by atoms with van der Waals surface area (Å²) in [5.74, 6) is 2.11. The summed E-state index contributed by atoms with van der Waals surface area (Å²) in [6.07, 6.45) is 9.95. The SMILES string of the molecule is C[C@@H]1CCCOc2ncc(Br)cc2C(=O)Nc2cccc(n2)-c2nncn21.C[C@H]1CCCOc2ncc(Br)cc2C(=O)Nc2cccc(n2)-c2nncn21. The number of fused-ring (bicyclic) bond motifs is 10. The van der Waals surface area contributed by atoms with Crippen molar-refractivity contribution in [1.29, 1.82) is 0 Å². The van der Waals surface area contributed by atoms with Crippen LogP contribution in [0.5, 0.6) is 11.8 Å². The van der Waals surface area contributed by atoms with Crippen molar-refractivity contribution in [1.82, 2.24) is 49.5 Å². The zero-order valence-corrected chi connectivity index (χ0v) is 32.4. The van der Waals surface area contributed by atoms with Crippen LogP contribution < -0.4 is 20.1 Å². The summed E-state index contributed by atoms with van der Waals surface area (Å²) in [5, 5.41) is 22.1. The predicted molar refractivity (Wildman–Crippen MR) is 205 cm³/mol. The lowest BCUT2D eigenvalue weighted by atomic mass is 10.1. The number of hydrogen-bond donors (Lipinski definition) is 2. The van der Waals surface area contributed by atoms with Crippen molar-refractivity contribution in [2.24, 2.45) is 0 Å². The number of nitrogens with one attached hydrogen (secondary N) is 2. The Morgan fingerprint density at radius 1 is 0.685 bits per heavy atom. The predicted octanol–water partition coefficient (Wildman–Crippen LogP) is 6.97. The molecule has 6 aromatic rings. The molecule has 4 bridgehead atoms. The maximum Gasteiger partial charge on any atom is 0.262 e. The topological polar surface area (TPSA) is 190 Å². The van der Waals surface area contributed by atoms with Crippen LogP contribution in [0.1, 0.15) is 72.3 Å². The van der Waals surface area contributed by atoms with Gasteiger partial charge < -0.3 is 29.2 Å². The van der Waals surface area contributed by atoms with E-state index in [2.05, 4.69) is 96.7 Å². The third kappa shape index (κ3) is 8.44. The molecule has 8 heterocycles. The second-order valence-electron chi connectivity index (χ2n) is 12.5. The summed E-state index contributed by atoms with van der Waals surface area (Å²) in [4.78, 5) is 43.0.